The lowest BCUT2D eigenvalue weighted by atomic mass is 9.93. The lowest BCUT2D eigenvalue weighted by molar-refractivity contribution is -0.135. The van der Waals surface area contributed by atoms with Crippen LogP contribution in [0, 0.1) is 5.82 Å². The number of para-hydroxylation sites is 1. The number of carbonyl (C=O) groups is 1. The summed E-state index contributed by atoms with van der Waals surface area (Å²) in [4.78, 5) is 20.5. The average Bonchev–Trinajstić information content (AvgIpc) is 3.50. The summed E-state index contributed by atoms with van der Waals surface area (Å²) in [6, 6.07) is 5.30. The number of amides is 1. The van der Waals surface area contributed by atoms with E-state index < -0.39 is 12.4 Å². The molecule has 11 heteroatoms. The number of hydrogen-bond donors (Lipinski definition) is 1. The van der Waals surface area contributed by atoms with Crippen LogP contribution in [0.3, 0.4) is 0 Å². The molecule has 2 aliphatic rings. The van der Waals surface area contributed by atoms with Crippen LogP contribution in [-0.4, -0.2) is 79.6 Å². The van der Waals surface area contributed by atoms with Crippen molar-refractivity contribution in [1.29, 1.82) is 0 Å². The lowest BCUT2D eigenvalue weighted by Gasteiger charge is -2.41. The second kappa shape index (κ2) is 10.4. The van der Waals surface area contributed by atoms with Crippen molar-refractivity contribution in [2.45, 2.75) is 44.6 Å². The van der Waals surface area contributed by atoms with Gasteiger partial charge in [-0.3, -0.25) is 4.79 Å². The second-order valence-electron chi connectivity index (χ2n) is 9.19. The molecule has 2 saturated heterocycles. The van der Waals surface area contributed by atoms with Gasteiger partial charge in [-0.2, -0.15) is 14.8 Å². The predicted molar refractivity (Wildman–Crippen MR) is 131 cm³/mol. The zero-order chi connectivity index (χ0) is 23.8. The zero-order valence-electron chi connectivity index (χ0n) is 19.7. The number of rotatable bonds is 5. The summed E-state index contributed by atoms with van der Waals surface area (Å²) >= 11 is 0. The summed E-state index contributed by atoms with van der Waals surface area (Å²) in [7, 11) is 0. The summed E-state index contributed by atoms with van der Waals surface area (Å²) in [5.41, 5.74) is 1.66. The van der Waals surface area contributed by atoms with Crippen molar-refractivity contribution in [3.8, 4) is 5.95 Å². The van der Waals surface area contributed by atoms with Crippen LogP contribution < -0.4 is 0 Å². The van der Waals surface area contributed by atoms with Gasteiger partial charge in [0.2, 0.25) is 11.8 Å². The van der Waals surface area contributed by atoms with Gasteiger partial charge in [-0.05, 0) is 62.5 Å². The zero-order valence-corrected chi connectivity index (χ0v) is 20.5. The molecule has 2 fully saturated rings. The first-order valence-electron chi connectivity index (χ1n) is 11.8. The summed E-state index contributed by atoms with van der Waals surface area (Å²) in [5, 5.41) is 18.4. The van der Waals surface area contributed by atoms with Crippen LogP contribution in [-0.2, 0) is 4.79 Å². The van der Waals surface area contributed by atoms with Gasteiger partial charge in [-0.25, -0.2) is 4.39 Å². The molecular formula is C24H30ClFN6O3. The van der Waals surface area contributed by atoms with E-state index in [-0.39, 0.29) is 30.2 Å². The average molecular weight is 505 g/mol. The number of halogens is 2. The summed E-state index contributed by atoms with van der Waals surface area (Å²) in [6.07, 6.45) is 3.62. The minimum absolute atomic E-state index is 0. The van der Waals surface area contributed by atoms with Crippen molar-refractivity contribution in [2.24, 2.45) is 0 Å². The smallest absolute Gasteiger partial charge is 0.291 e. The van der Waals surface area contributed by atoms with Crippen LogP contribution >= 0.6 is 12.4 Å². The van der Waals surface area contributed by atoms with E-state index in [9.17, 15) is 9.18 Å². The Morgan fingerprint density at radius 2 is 1.91 bits per heavy atom. The summed E-state index contributed by atoms with van der Waals surface area (Å²) < 4.78 is 21.7. The van der Waals surface area contributed by atoms with E-state index in [2.05, 4.69) is 26.7 Å². The molecule has 0 atom stereocenters. The molecule has 0 spiro atoms. The van der Waals surface area contributed by atoms with Crippen molar-refractivity contribution in [3.05, 3.63) is 42.2 Å². The van der Waals surface area contributed by atoms with E-state index in [1.807, 2.05) is 13.0 Å². The monoisotopic (exact) mass is 504 g/mol. The number of benzene rings is 1. The second-order valence-corrected chi connectivity index (χ2v) is 9.19. The molecular weight excluding hydrogens is 475 g/mol. The maximum Gasteiger partial charge on any atom is 0.291 e. The molecule has 0 unspecified atom stereocenters. The van der Waals surface area contributed by atoms with Crippen molar-refractivity contribution in [1.82, 2.24) is 29.7 Å². The predicted octanol–water partition coefficient (Wildman–Crippen LogP) is 3.17. The van der Waals surface area contributed by atoms with Gasteiger partial charge in [0.05, 0.1) is 5.69 Å². The molecule has 2 aromatic heterocycles. The molecule has 9 nitrogen and oxygen atoms in total. The van der Waals surface area contributed by atoms with Gasteiger partial charge in [-0.15, -0.1) is 12.4 Å². The molecule has 0 aliphatic carbocycles. The van der Waals surface area contributed by atoms with Crippen LogP contribution in [0.4, 0.5) is 4.39 Å². The van der Waals surface area contributed by atoms with Gasteiger partial charge in [-0.1, -0.05) is 18.7 Å². The first kappa shape index (κ1) is 25.3. The van der Waals surface area contributed by atoms with E-state index in [0.717, 1.165) is 44.3 Å². The fraction of sp³-hybridized carbons (Fsp3) is 0.500. The topological polar surface area (TPSA) is 101 Å². The molecule has 0 radical (unpaired) electrons. The number of likely N-dealkylation sites (tertiary alicyclic amines) is 2. The highest BCUT2D eigenvalue weighted by Gasteiger charge is 2.32. The van der Waals surface area contributed by atoms with Crippen molar-refractivity contribution < 1.29 is 18.8 Å². The van der Waals surface area contributed by atoms with E-state index >= 15 is 0 Å². The molecule has 1 amide bonds. The Labute approximate surface area is 209 Å². The molecule has 2 aliphatic heterocycles. The van der Waals surface area contributed by atoms with E-state index in [1.54, 1.807) is 11.0 Å². The quantitative estimate of drug-likeness (QED) is 0.569. The minimum Gasteiger partial charge on any atom is -0.387 e. The van der Waals surface area contributed by atoms with Gasteiger partial charge in [0.25, 0.3) is 5.95 Å². The number of nitrogens with zero attached hydrogens (tertiary/aromatic N) is 6. The molecule has 1 N–H and O–H groups in total. The van der Waals surface area contributed by atoms with Crippen molar-refractivity contribution >= 4 is 34.8 Å². The molecule has 4 heterocycles. The molecule has 0 bridgehead atoms. The molecule has 3 aromatic rings. The molecule has 5 rings (SSSR count). The highest BCUT2D eigenvalue weighted by Crippen LogP contribution is 2.31. The van der Waals surface area contributed by atoms with Gasteiger partial charge >= 0.3 is 0 Å². The van der Waals surface area contributed by atoms with E-state index in [4.69, 9.17) is 9.63 Å². The number of hydrogen-bond acceptors (Lipinski definition) is 7. The normalized spacial score (nSPS) is 18.1. The number of piperidine rings is 2. The van der Waals surface area contributed by atoms with E-state index in [0.29, 0.717) is 41.6 Å². The SMILES string of the molecule is C=C(C)c1nn(-c2noc(C3CCN(C4CCN(C(=O)CO)CC4)CC3)n2)c2c(F)cccc12.Cl. The third kappa shape index (κ3) is 4.82. The van der Waals surface area contributed by atoms with Gasteiger partial charge < -0.3 is 19.4 Å². The van der Waals surface area contributed by atoms with Crippen LogP contribution in [0.5, 0.6) is 0 Å². The highest BCUT2D eigenvalue weighted by atomic mass is 35.5. The number of aliphatic hydroxyl groups is 1. The molecule has 1 aromatic carbocycles. The summed E-state index contributed by atoms with van der Waals surface area (Å²) in [6.45, 7) is 8.59. The van der Waals surface area contributed by atoms with Crippen LogP contribution in [0.25, 0.3) is 22.4 Å². The number of aromatic nitrogens is 4. The Kier molecular flexibility index (Phi) is 7.53. The molecule has 0 saturated carbocycles. The minimum atomic E-state index is -0.419. The van der Waals surface area contributed by atoms with E-state index in [1.165, 1.54) is 10.7 Å². The number of fused-ring (bicyclic) bond motifs is 1. The number of aliphatic hydroxyl groups excluding tert-OH is 1. The van der Waals surface area contributed by atoms with Crippen LogP contribution in [0.2, 0.25) is 0 Å². The van der Waals surface area contributed by atoms with Gasteiger partial charge in [0.15, 0.2) is 0 Å². The van der Waals surface area contributed by atoms with Crippen molar-refractivity contribution in [3.63, 3.8) is 0 Å². The number of allylic oxidation sites excluding steroid dienone is 1. The molecule has 35 heavy (non-hydrogen) atoms. The highest BCUT2D eigenvalue weighted by molar-refractivity contribution is 5.91. The van der Waals surface area contributed by atoms with Gasteiger partial charge in [0, 0.05) is 30.4 Å². The first-order chi connectivity index (χ1) is 16.5. The van der Waals surface area contributed by atoms with Crippen LogP contribution in [0.15, 0.2) is 29.3 Å². The Bertz CT molecular complexity index is 1210. The fourth-order valence-corrected chi connectivity index (χ4v) is 5.16. The molecule has 188 valence electrons. The Balaban J connectivity index is 0.00000289. The fourth-order valence-electron chi connectivity index (χ4n) is 5.16. The Morgan fingerprint density at radius 1 is 1.20 bits per heavy atom. The van der Waals surface area contributed by atoms with Gasteiger partial charge in [0.1, 0.15) is 17.9 Å². The Hall–Kier alpha value is -2.82. The number of carbonyl (C=O) groups excluding carboxylic acids is 1. The lowest BCUT2D eigenvalue weighted by Crippen LogP contribution is -2.49. The maximum absolute atomic E-state index is 14.7. The third-order valence-electron chi connectivity index (χ3n) is 7.03. The van der Waals surface area contributed by atoms with Crippen molar-refractivity contribution in [2.75, 3.05) is 32.8 Å². The van der Waals surface area contributed by atoms with Crippen LogP contribution in [0.1, 0.15) is 50.1 Å². The third-order valence-corrected chi connectivity index (χ3v) is 7.03. The standard InChI is InChI=1S/C24H29FN6O3.ClH/c1-15(2)21-18-4-3-5-19(25)22(18)31(27-21)24-26-23(34-28-24)16-6-10-29(11-7-16)17-8-12-30(13-9-17)20(33)14-32;/h3-5,16-17,32H,1,6-14H2,2H3;1H. The largest absolute Gasteiger partial charge is 0.387 e. The summed E-state index contributed by atoms with van der Waals surface area (Å²) in [5.74, 6) is 0.324. The Morgan fingerprint density at radius 3 is 2.57 bits per heavy atom. The maximum atomic E-state index is 14.7. The first-order valence-corrected chi connectivity index (χ1v) is 11.8.